The van der Waals surface area contributed by atoms with Gasteiger partial charge in [-0.1, -0.05) is 29.3 Å². The first-order valence-corrected chi connectivity index (χ1v) is 8.24. The van der Waals surface area contributed by atoms with E-state index < -0.39 is 6.10 Å². The molecule has 0 spiro atoms. The zero-order chi connectivity index (χ0) is 17.9. The van der Waals surface area contributed by atoms with Crippen LogP contribution >= 0.6 is 23.2 Å². The van der Waals surface area contributed by atoms with E-state index in [4.69, 9.17) is 27.9 Å². The Bertz CT molecular complexity index is 748. The quantitative estimate of drug-likeness (QED) is 0.828. The third kappa shape index (κ3) is 4.56. The van der Waals surface area contributed by atoms with Gasteiger partial charge in [0, 0.05) is 30.5 Å². The van der Waals surface area contributed by atoms with Crippen LogP contribution in [-0.2, 0) is 4.79 Å². The highest BCUT2D eigenvalue weighted by Gasteiger charge is 2.17. The number of rotatable bonds is 5. The molecule has 0 bridgehead atoms. The summed E-state index contributed by atoms with van der Waals surface area (Å²) >= 11 is 11.9. The van der Waals surface area contributed by atoms with Crippen LogP contribution in [0.1, 0.15) is 12.5 Å². The van der Waals surface area contributed by atoms with Crippen molar-refractivity contribution in [2.75, 3.05) is 24.3 Å². The van der Waals surface area contributed by atoms with Crippen LogP contribution in [-0.4, -0.2) is 26.1 Å². The van der Waals surface area contributed by atoms with Gasteiger partial charge in [0.25, 0.3) is 5.91 Å². The fraction of sp³-hybridized carbons (Fsp3) is 0.278. The van der Waals surface area contributed by atoms with E-state index in [2.05, 4.69) is 5.32 Å². The minimum atomic E-state index is -0.701. The molecule has 0 heterocycles. The van der Waals surface area contributed by atoms with E-state index in [1.54, 1.807) is 25.1 Å². The third-order valence-corrected chi connectivity index (χ3v) is 4.06. The van der Waals surface area contributed by atoms with Crippen LogP contribution in [0, 0.1) is 6.92 Å². The zero-order valence-electron chi connectivity index (χ0n) is 14.1. The minimum Gasteiger partial charge on any atom is -0.479 e. The number of anilines is 2. The maximum Gasteiger partial charge on any atom is 0.265 e. The molecule has 0 unspecified atom stereocenters. The largest absolute Gasteiger partial charge is 0.479 e. The fourth-order valence-electron chi connectivity index (χ4n) is 2.23. The van der Waals surface area contributed by atoms with Crippen molar-refractivity contribution in [1.82, 2.24) is 0 Å². The lowest BCUT2D eigenvalue weighted by Crippen LogP contribution is -2.30. The lowest BCUT2D eigenvalue weighted by molar-refractivity contribution is -0.122. The van der Waals surface area contributed by atoms with Crippen molar-refractivity contribution in [3.63, 3.8) is 0 Å². The predicted octanol–water partition coefficient (Wildman–Crippen LogP) is 4.77. The number of aryl methyl sites for hydroxylation is 1. The van der Waals surface area contributed by atoms with Crippen LogP contribution in [0.3, 0.4) is 0 Å². The molecule has 0 aliphatic rings. The topological polar surface area (TPSA) is 41.6 Å². The SMILES string of the molecule is Cc1ccc(NC(=O)[C@@H](C)Oc2ccc(Cl)cc2Cl)cc1N(C)C. The van der Waals surface area contributed by atoms with E-state index in [0.717, 1.165) is 11.3 Å². The van der Waals surface area contributed by atoms with Crippen molar-refractivity contribution >= 4 is 40.5 Å². The second-order valence-electron chi connectivity index (χ2n) is 5.72. The molecule has 24 heavy (non-hydrogen) atoms. The fourth-order valence-corrected chi connectivity index (χ4v) is 2.68. The minimum absolute atomic E-state index is 0.255. The van der Waals surface area contributed by atoms with Crippen molar-refractivity contribution in [3.05, 3.63) is 52.0 Å². The molecular weight excluding hydrogens is 347 g/mol. The monoisotopic (exact) mass is 366 g/mol. The molecular formula is C18H20Cl2N2O2. The van der Waals surface area contributed by atoms with Gasteiger partial charge in [-0.3, -0.25) is 4.79 Å². The van der Waals surface area contributed by atoms with Gasteiger partial charge in [-0.25, -0.2) is 0 Å². The number of nitrogens with one attached hydrogen (secondary N) is 1. The lowest BCUT2D eigenvalue weighted by Gasteiger charge is -2.19. The Kier molecular flexibility index (Phi) is 5.97. The maximum atomic E-state index is 12.3. The van der Waals surface area contributed by atoms with Gasteiger partial charge in [-0.05, 0) is 49.7 Å². The molecule has 0 saturated carbocycles. The molecule has 6 heteroatoms. The predicted molar refractivity (Wildman–Crippen MR) is 101 cm³/mol. The smallest absolute Gasteiger partial charge is 0.265 e. The number of ether oxygens (including phenoxy) is 1. The molecule has 0 aliphatic heterocycles. The Morgan fingerprint density at radius 2 is 1.88 bits per heavy atom. The first-order valence-electron chi connectivity index (χ1n) is 7.48. The van der Waals surface area contributed by atoms with Gasteiger partial charge in [0.2, 0.25) is 0 Å². The summed E-state index contributed by atoms with van der Waals surface area (Å²) in [4.78, 5) is 14.3. The Balaban J connectivity index is 2.07. The van der Waals surface area contributed by atoms with Crippen molar-refractivity contribution in [2.45, 2.75) is 20.0 Å². The van der Waals surface area contributed by atoms with Gasteiger partial charge in [0.05, 0.1) is 5.02 Å². The third-order valence-electron chi connectivity index (χ3n) is 3.53. The number of carbonyl (C=O) groups excluding carboxylic acids is 1. The van der Waals surface area contributed by atoms with Gasteiger partial charge in [-0.2, -0.15) is 0 Å². The summed E-state index contributed by atoms with van der Waals surface area (Å²) in [5.41, 5.74) is 2.89. The van der Waals surface area contributed by atoms with E-state index in [1.807, 2.05) is 44.1 Å². The first-order chi connectivity index (χ1) is 11.3. The Labute approximate surface area is 152 Å². The van der Waals surface area contributed by atoms with Crippen molar-refractivity contribution in [2.24, 2.45) is 0 Å². The van der Waals surface area contributed by atoms with Crippen molar-refractivity contribution in [3.8, 4) is 5.75 Å². The highest BCUT2D eigenvalue weighted by Crippen LogP contribution is 2.28. The van der Waals surface area contributed by atoms with Crippen LogP contribution in [0.5, 0.6) is 5.75 Å². The Hall–Kier alpha value is -1.91. The summed E-state index contributed by atoms with van der Waals surface area (Å²) < 4.78 is 5.62. The molecule has 0 fully saturated rings. The van der Waals surface area contributed by atoms with E-state index in [1.165, 1.54) is 0 Å². The second kappa shape index (κ2) is 7.77. The maximum absolute atomic E-state index is 12.3. The van der Waals surface area contributed by atoms with Crippen LogP contribution in [0.15, 0.2) is 36.4 Å². The van der Waals surface area contributed by atoms with Crippen molar-refractivity contribution in [1.29, 1.82) is 0 Å². The highest BCUT2D eigenvalue weighted by molar-refractivity contribution is 6.35. The molecule has 1 atom stereocenters. The summed E-state index contributed by atoms with van der Waals surface area (Å²) in [7, 11) is 3.92. The van der Waals surface area contributed by atoms with Crippen LogP contribution in [0.4, 0.5) is 11.4 Å². The number of nitrogens with zero attached hydrogens (tertiary/aromatic N) is 1. The Morgan fingerprint density at radius 1 is 1.17 bits per heavy atom. The van der Waals surface area contributed by atoms with E-state index in [0.29, 0.717) is 21.5 Å². The molecule has 0 aliphatic carbocycles. The van der Waals surface area contributed by atoms with E-state index >= 15 is 0 Å². The molecule has 0 radical (unpaired) electrons. The van der Waals surface area contributed by atoms with Crippen LogP contribution in [0.25, 0.3) is 0 Å². The van der Waals surface area contributed by atoms with E-state index in [-0.39, 0.29) is 5.91 Å². The number of benzene rings is 2. The molecule has 2 aromatic rings. The number of amides is 1. The lowest BCUT2D eigenvalue weighted by atomic mass is 10.1. The standard InChI is InChI=1S/C18H20Cl2N2O2/c1-11-5-7-14(10-16(11)22(3)4)21-18(23)12(2)24-17-8-6-13(19)9-15(17)20/h5-10,12H,1-4H3,(H,21,23)/t12-/m1/s1. The average Bonchev–Trinajstić information content (AvgIpc) is 2.51. The number of carbonyl (C=O) groups is 1. The molecule has 128 valence electrons. The molecule has 1 amide bonds. The summed E-state index contributed by atoms with van der Waals surface area (Å²) in [5.74, 6) is 0.163. The molecule has 1 N–H and O–H groups in total. The van der Waals surface area contributed by atoms with Crippen molar-refractivity contribution < 1.29 is 9.53 Å². The van der Waals surface area contributed by atoms with Crippen LogP contribution < -0.4 is 15.0 Å². The average molecular weight is 367 g/mol. The number of hydrogen-bond donors (Lipinski definition) is 1. The highest BCUT2D eigenvalue weighted by atomic mass is 35.5. The molecule has 0 aromatic heterocycles. The molecule has 4 nitrogen and oxygen atoms in total. The molecule has 2 aromatic carbocycles. The number of halogens is 2. The summed E-state index contributed by atoms with van der Waals surface area (Å²) in [5, 5.41) is 3.74. The van der Waals surface area contributed by atoms with Gasteiger partial charge in [0.15, 0.2) is 6.10 Å². The zero-order valence-corrected chi connectivity index (χ0v) is 15.6. The molecule has 2 rings (SSSR count). The Morgan fingerprint density at radius 3 is 2.50 bits per heavy atom. The van der Waals surface area contributed by atoms with E-state index in [9.17, 15) is 4.79 Å². The normalized spacial score (nSPS) is 11.8. The number of hydrogen-bond acceptors (Lipinski definition) is 3. The first kappa shape index (κ1) is 18.4. The molecule has 0 saturated heterocycles. The summed E-state index contributed by atoms with van der Waals surface area (Å²) in [6.45, 7) is 3.69. The summed E-state index contributed by atoms with van der Waals surface area (Å²) in [6, 6.07) is 10.6. The second-order valence-corrected chi connectivity index (χ2v) is 6.56. The van der Waals surface area contributed by atoms with Gasteiger partial charge < -0.3 is 15.0 Å². The van der Waals surface area contributed by atoms with Gasteiger partial charge >= 0.3 is 0 Å². The van der Waals surface area contributed by atoms with Crippen LogP contribution in [0.2, 0.25) is 10.0 Å². The summed E-state index contributed by atoms with van der Waals surface area (Å²) in [6.07, 6.45) is -0.701. The van der Waals surface area contributed by atoms with Gasteiger partial charge in [0.1, 0.15) is 5.75 Å². The van der Waals surface area contributed by atoms with Gasteiger partial charge in [-0.15, -0.1) is 0 Å².